The van der Waals surface area contributed by atoms with Gasteiger partial charge in [-0.1, -0.05) is 31.5 Å². The zero-order valence-electron chi connectivity index (χ0n) is 13.3. The molecule has 116 valence electrons. The number of para-hydroxylation sites is 1. The van der Waals surface area contributed by atoms with E-state index >= 15 is 0 Å². The largest absolute Gasteiger partial charge is 0.368 e. The molecule has 1 heterocycles. The average Bonchev–Trinajstić information content (AvgIpc) is 2.54. The van der Waals surface area contributed by atoms with Crippen LogP contribution < -0.4 is 4.90 Å². The minimum atomic E-state index is 0.265. The van der Waals surface area contributed by atoms with Gasteiger partial charge in [0, 0.05) is 31.9 Å². The van der Waals surface area contributed by atoms with Gasteiger partial charge in [-0.05, 0) is 32.1 Å². The smallest absolute Gasteiger partial charge is 0.236 e. The number of anilines is 1. The minimum absolute atomic E-state index is 0.265. The van der Waals surface area contributed by atoms with E-state index in [1.807, 2.05) is 18.0 Å². The van der Waals surface area contributed by atoms with Crippen LogP contribution in [-0.4, -0.2) is 62.0 Å². The molecule has 0 saturated carbocycles. The van der Waals surface area contributed by atoms with Gasteiger partial charge < -0.3 is 9.80 Å². The first-order chi connectivity index (χ1) is 10.2. The van der Waals surface area contributed by atoms with Gasteiger partial charge >= 0.3 is 0 Å². The number of benzene rings is 1. The molecule has 0 aromatic heterocycles. The first-order valence-corrected chi connectivity index (χ1v) is 7.97. The van der Waals surface area contributed by atoms with Crippen molar-refractivity contribution in [3.05, 3.63) is 30.3 Å². The predicted octanol–water partition coefficient (Wildman–Crippen LogP) is 2.07. The summed E-state index contributed by atoms with van der Waals surface area (Å²) in [5.41, 5.74) is 1.25. The van der Waals surface area contributed by atoms with Gasteiger partial charge in [0.1, 0.15) is 0 Å². The summed E-state index contributed by atoms with van der Waals surface area (Å²) in [4.78, 5) is 18.8. The van der Waals surface area contributed by atoms with Crippen LogP contribution in [0.5, 0.6) is 0 Å². The van der Waals surface area contributed by atoms with Crippen LogP contribution in [-0.2, 0) is 4.79 Å². The molecule has 0 radical (unpaired) electrons. The van der Waals surface area contributed by atoms with Crippen molar-refractivity contribution in [2.75, 3.05) is 51.2 Å². The summed E-state index contributed by atoms with van der Waals surface area (Å²) in [6.45, 7) is 7.24. The molecule has 1 aromatic rings. The highest BCUT2D eigenvalue weighted by atomic mass is 16.2. The maximum atomic E-state index is 12.3. The standard InChI is InChI=1S/C17H27N3O/c1-3-4-10-18(2)15-17(21)20-13-11-19(12-14-20)16-8-6-5-7-9-16/h5-9H,3-4,10-15H2,1-2H3. The second-order valence-electron chi connectivity index (χ2n) is 5.79. The number of nitrogens with zero attached hydrogens (tertiary/aromatic N) is 3. The Hall–Kier alpha value is -1.55. The fourth-order valence-electron chi connectivity index (χ4n) is 2.69. The number of hydrogen-bond acceptors (Lipinski definition) is 3. The van der Waals surface area contributed by atoms with E-state index in [1.165, 1.54) is 12.1 Å². The van der Waals surface area contributed by atoms with Crippen molar-refractivity contribution in [1.29, 1.82) is 0 Å². The molecule has 21 heavy (non-hydrogen) atoms. The zero-order valence-corrected chi connectivity index (χ0v) is 13.3. The lowest BCUT2D eigenvalue weighted by molar-refractivity contribution is -0.132. The van der Waals surface area contributed by atoms with E-state index in [4.69, 9.17) is 0 Å². The van der Waals surface area contributed by atoms with Crippen molar-refractivity contribution < 1.29 is 4.79 Å². The second kappa shape index (κ2) is 8.03. The Morgan fingerprint density at radius 1 is 1.14 bits per heavy atom. The lowest BCUT2D eigenvalue weighted by Crippen LogP contribution is -2.51. The topological polar surface area (TPSA) is 26.8 Å². The second-order valence-corrected chi connectivity index (χ2v) is 5.79. The van der Waals surface area contributed by atoms with Crippen LogP contribution in [0.4, 0.5) is 5.69 Å². The van der Waals surface area contributed by atoms with Crippen molar-refractivity contribution >= 4 is 11.6 Å². The molecule has 0 N–H and O–H groups in total. The summed E-state index contributed by atoms with van der Waals surface area (Å²) in [5, 5.41) is 0. The van der Waals surface area contributed by atoms with E-state index < -0.39 is 0 Å². The number of piperazine rings is 1. The molecule has 1 aliphatic heterocycles. The Morgan fingerprint density at radius 2 is 1.81 bits per heavy atom. The lowest BCUT2D eigenvalue weighted by Gasteiger charge is -2.36. The van der Waals surface area contributed by atoms with Gasteiger partial charge in [0.2, 0.25) is 5.91 Å². The van der Waals surface area contributed by atoms with Crippen LogP contribution in [0.15, 0.2) is 30.3 Å². The number of carbonyl (C=O) groups excluding carboxylic acids is 1. The summed E-state index contributed by atoms with van der Waals surface area (Å²) in [6, 6.07) is 10.4. The predicted molar refractivity (Wildman–Crippen MR) is 87.6 cm³/mol. The highest BCUT2D eigenvalue weighted by Crippen LogP contribution is 2.15. The SMILES string of the molecule is CCCCN(C)CC(=O)N1CCN(c2ccccc2)CC1. The number of hydrogen-bond donors (Lipinski definition) is 0. The van der Waals surface area contributed by atoms with Gasteiger partial charge in [0.25, 0.3) is 0 Å². The number of rotatable bonds is 6. The van der Waals surface area contributed by atoms with E-state index in [-0.39, 0.29) is 5.91 Å². The number of amides is 1. The van der Waals surface area contributed by atoms with Gasteiger partial charge in [-0.2, -0.15) is 0 Å². The fraction of sp³-hybridized carbons (Fsp3) is 0.588. The molecule has 0 aliphatic carbocycles. The maximum Gasteiger partial charge on any atom is 0.236 e. The van der Waals surface area contributed by atoms with E-state index in [1.54, 1.807) is 0 Å². The van der Waals surface area contributed by atoms with Crippen LogP contribution in [0.1, 0.15) is 19.8 Å². The first-order valence-electron chi connectivity index (χ1n) is 7.97. The Balaban J connectivity index is 1.77. The zero-order chi connectivity index (χ0) is 15.1. The van der Waals surface area contributed by atoms with Crippen LogP contribution in [0.25, 0.3) is 0 Å². The van der Waals surface area contributed by atoms with Crippen molar-refractivity contribution in [3.63, 3.8) is 0 Å². The van der Waals surface area contributed by atoms with E-state index in [0.29, 0.717) is 6.54 Å². The molecule has 2 rings (SSSR count). The summed E-state index contributed by atoms with van der Waals surface area (Å²) < 4.78 is 0. The number of unbranched alkanes of at least 4 members (excludes halogenated alkanes) is 1. The molecule has 1 saturated heterocycles. The molecule has 1 fully saturated rings. The Labute approximate surface area is 128 Å². The summed E-state index contributed by atoms with van der Waals surface area (Å²) in [7, 11) is 2.04. The average molecular weight is 289 g/mol. The number of carbonyl (C=O) groups is 1. The third-order valence-corrected chi connectivity index (χ3v) is 4.05. The molecule has 0 bridgehead atoms. The summed E-state index contributed by atoms with van der Waals surface area (Å²) in [5.74, 6) is 0.265. The molecule has 4 heteroatoms. The molecule has 1 amide bonds. The van der Waals surface area contributed by atoms with Gasteiger partial charge in [-0.3, -0.25) is 9.69 Å². The quantitative estimate of drug-likeness (QED) is 0.802. The molecule has 0 spiro atoms. The van der Waals surface area contributed by atoms with Crippen LogP contribution in [0.2, 0.25) is 0 Å². The highest BCUT2D eigenvalue weighted by molar-refractivity contribution is 5.78. The van der Waals surface area contributed by atoms with Gasteiger partial charge in [0.05, 0.1) is 6.54 Å². The molecule has 1 aliphatic rings. The third kappa shape index (κ3) is 4.74. The normalized spacial score (nSPS) is 15.6. The van der Waals surface area contributed by atoms with Crippen molar-refractivity contribution in [2.24, 2.45) is 0 Å². The van der Waals surface area contributed by atoms with Crippen molar-refractivity contribution in [2.45, 2.75) is 19.8 Å². The van der Waals surface area contributed by atoms with Gasteiger partial charge in [-0.25, -0.2) is 0 Å². The lowest BCUT2D eigenvalue weighted by atomic mass is 10.2. The van der Waals surface area contributed by atoms with Gasteiger partial charge in [-0.15, -0.1) is 0 Å². The van der Waals surface area contributed by atoms with Gasteiger partial charge in [0.15, 0.2) is 0 Å². The Bertz CT molecular complexity index is 427. The molecule has 1 aromatic carbocycles. The highest BCUT2D eigenvalue weighted by Gasteiger charge is 2.21. The van der Waals surface area contributed by atoms with Crippen molar-refractivity contribution in [3.8, 4) is 0 Å². The maximum absolute atomic E-state index is 12.3. The van der Waals surface area contributed by atoms with Crippen LogP contribution in [0.3, 0.4) is 0 Å². The number of likely N-dealkylation sites (N-methyl/N-ethyl adjacent to an activating group) is 1. The van der Waals surface area contributed by atoms with E-state index in [0.717, 1.165) is 39.1 Å². The first kappa shape index (κ1) is 15.8. The van der Waals surface area contributed by atoms with E-state index in [2.05, 4.69) is 41.0 Å². The molecule has 4 nitrogen and oxygen atoms in total. The third-order valence-electron chi connectivity index (χ3n) is 4.05. The minimum Gasteiger partial charge on any atom is -0.368 e. The van der Waals surface area contributed by atoms with Crippen LogP contribution >= 0.6 is 0 Å². The van der Waals surface area contributed by atoms with Crippen LogP contribution in [0, 0.1) is 0 Å². The summed E-state index contributed by atoms with van der Waals surface area (Å²) in [6.07, 6.45) is 2.33. The Kier molecular flexibility index (Phi) is 6.05. The summed E-state index contributed by atoms with van der Waals surface area (Å²) >= 11 is 0. The van der Waals surface area contributed by atoms with E-state index in [9.17, 15) is 4.79 Å². The molecular weight excluding hydrogens is 262 g/mol. The fourth-order valence-corrected chi connectivity index (χ4v) is 2.69. The molecular formula is C17H27N3O. The Morgan fingerprint density at radius 3 is 2.43 bits per heavy atom. The van der Waals surface area contributed by atoms with Crippen molar-refractivity contribution in [1.82, 2.24) is 9.80 Å². The molecule has 0 atom stereocenters. The monoisotopic (exact) mass is 289 g/mol. The molecule has 0 unspecified atom stereocenters.